The van der Waals surface area contributed by atoms with E-state index < -0.39 is 10.8 Å². The van der Waals surface area contributed by atoms with Crippen molar-refractivity contribution in [3.63, 3.8) is 0 Å². The van der Waals surface area contributed by atoms with E-state index in [0.717, 1.165) is 33.1 Å². The SMILES string of the molecule is Nc1ccc2nc(SCC(=O)NC3CCS(=O)CC3)sc2c1. The van der Waals surface area contributed by atoms with Gasteiger partial charge in [-0.3, -0.25) is 9.00 Å². The van der Waals surface area contributed by atoms with Gasteiger partial charge in [0.05, 0.1) is 16.0 Å². The summed E-state index contributed by atoms with van der Waals surface area (Å²) in [7, 11) is -0.695. The Kier molecular flexibility index (Phi) is 5.00. The fourth-order valence-electron chi connectivity index (χ4n) is 2.32. The van der Waals surface area contributed by atoms with E-state index in [9.17, 15) is 9.00 Å². The topological polar surface area (TPSA) is 85.1 Å². The molecule has 0 unspecified atom stereocenters. The number of nitrogens with one attached hydrogen (secondary N) is 1. The maximum Gasteiger partial charge on any atom is 0.230 e. The van der Waals surface area contributed by atoms with Crippen LogP contribution < -0.4 is 11.1 Å². The molecule has 0 aliphatic carbocycles. The number of nitrogens with two attached hydrogens (primary N) is 1. The van der Waals surface area contributed by atoms with E-state index in [1.54, 1.807) is 11.3 Å². The van der Waals surface area contributed by atoms with Crippen molar-refractivity contribution >= 4 is 55.7 Å². The molecule has 1 aromatic heterocycles. The van der Waals surface area contributed by atoms with E-state index in [1.165, 1.54) is 11.8 Å². The maximum atomic E-state index is 12.0. The first-order valence-electron chi connectivity index (χ1n) is 7.03. The number of anilines is 1. The number of fused-ring (bicyclic) bond motifs is 1. The zero-order chi connectivity index (χ0) is 15.5. The van der Waals surface area contributed by atoms with E-state index in [-0.39, 0.29) is 11.9 Å². The van der Waals surface area contributed by atoms with Gasteiger partial charge in [0.1, 0.15) is 0 Å². The predicted octanol–water partition coefficient (Wildman–Crippen LogP) is 2.00. The van der Waals surface area contributed by atoms with Crippen LogP contribution in [0, 0.1) is 0 Å². The van der Waals surface area contributed by atoms with Crippen LogP contribution in [0.1, 0.15) is 12.8 Å². The zero-order valence-electron chi connectivity index (χ0n) is 11.9. The third kappa shape index (κ3) is 3.99. The summed E-state index contributed by atoms with van der Waals surface area (Å²) in [6.45, 7) is 0. The van der Waals surface area contributed by atoms with Crippen LogP contribution in [0.25, 0.3) is 10.2 Å². The van der Waals surface area contributed by atoms with Crippen molar-refractivity contribution in [1.29, 1.82) is 0 Å². The van der Waals surface area contributed by atoms with Crippen LogP contribution in [0.5, 0.6) is 0 Å². The molecule has 1 amide bonds. The second kappa shape index (κ2) is 6.97. The second-order valence-corrected chi connectivity index (χ2v) is 9.13. The number of thioether (sulfide) groups is 1. The molecule has 1 aromatic carbocycles. The zero-order valence-corrected chi connectivity index (χ0v) is 14.4. The Bertz CT molecular complexity index is 706. The first kappa shape index (κ1) is 15.8. The van der Waals surface area contributed by atoms with Crippen LogP contribution in [-0.4, -0.2) is 38.4 Å². The highest BCUT2D eigenvalue weighted by Crippen LogP contribution is 2.30. The summed E-state index contributed by atoms with van der Waals surface area (Å²) in [4.78, 5) is 16.5. The Morgan fingerprint density at radius 2 is 2.23 bits per heavy atom. The number of amides is 1. The monoisotopic (exact) mass is 355 g/mol. The number of thiazole rings is 1. The first-order valence-corrected chi connectivity index (χ1v) is 10.3. The summed E-state index contributed by atoms with van der Waals surface area (Å²) in [6.07, 6.45) is 1.62. The van der Waals surface area contributed by atoms with Gasteiger partial charge in [0.25, 0.3) is 0 Å². The number of carbonyl (C=O) groups is 1. The highest BCUT2D eigenvalue weighted by molar-refractivity contribution is 8.01. The van der Waals surface area contributed by atoms with Crippen LogP contribution in [0.4, 0.5) is 5.69 Å². The smallest absolute Gasteiger partial charge is 0.230 e. The summed E-state index contributed by atoms with van der Waals surface area (Å²) in [5.41, 5.74) is 7.39. The molecule has 22 heavy (non-hydrogen) atoms. The third-order valence-corrected chi connectivity index (χ3v) is 7.02. The molecule has 3 N–H and O–H groups in total. The molecule has 3 rings (SSSR count). The van der Waals surface area contributed by atoms with Gasteiger partial charge in [0, 0.05) is 34.0 Å². The highest BCUT2D eigenvalue weighted by atomic mass is 32.2. The van der Waals surface area contributed by atoms with Gasteiger partial charge in [0.15, 0.2) is 4.34 Å². The van der Waals surface area contributed by atoms with E-state index in [0.29, 0.717) is 17.3 Å². The number of rotatable bonds is 4. The molecule has 5 nitrogen and oxygen atoms in total. The van der Waals surface area contributed by atoms with E-state index >= 15 is 0 Å². The van der Waals surface area contributed by atoms with Gasteiger partial charge in [-0.2, -0.15) is 0 Å². The summed E-state index contributed by atoms with van der Waals surface area (Å²) in [5.74, 6) is 1.75. The van der Waals surface area contributed by atoms with Crippen molar-refractivity contribution in [2.75, 3.05) is 23.0 Å². The van der Waals surface area contributed by atoms with Gasteiger partial charge in [-0.05, 0) is 31.0 Å². The molecular weight excluding hydrogens is 338 g/mol. The standard InChI is InChI=1S/C14H17N3O2S3/c15-9-1-2-11-12(7-9)21-14(17-11)20-8-13(18)16-10-3-5-22(19)6-4-10/h1-2,7,10H,3-6,8,15H2,(H,16,18). The molecule has 2 aromatic rings. The van der Waals surface area contributed by atoms with Crippen molar-refractivity contribution in [1.82, 2.24) is 10.3 Å². The lowest BCUT2D eigenvalue weighted by Crippen LogP contribution is -2.40. The van der Waals surface area contributed by atoms with Gasteiger partial charge in [-0.1, -0.05) is 11.8 Å². The Hall–Kier alpha value is -1.12. The van der Waals surface area contributed by atoms with Gasteiger partial charge in [-0.25, -0.2) is 4.98 Å². The third-order valence-electron chi connectivity index (χ3n) is 3.47. The number of hydrogen-bond donors (Lipinski definition) is 2. The quantitative estimate of drug-likeness (QED) is 0.647. The number of hydrogen-bond acceptors (Lipinski definition) is 6. The van der Waals surface area contributed by atoms with Gasteiger partial charge >= 0.3 is 0 Å². The fourth-order valence-corrected chi connectivity index (χ4v) is 5.54. The van der Waals surface area contributed by atoms with Crippen molar-refractivity contribution < 1.29 is 9.00 Å². The van der Waals surface area contributed by atoms with Crippen LogP contribution >= 0.6 is 23.1 Å². The number of aromatic nitrogens is 1. The average Bonchev–Trinajstić information content (AvgIpc) is 2.89. The molecule has 0 radical (unpaired) electrons. The van der Waals surface area contributed by atoms with Crippen LogP contribution in [-0.2, 0) is 15.6 Å². The molecule has 118 valence electrons. The van der Waals surface area contributed by atoms with Gasteiger partial charge in [0.2, 0.25) is 5.91 Å². The average molecular weight is 356 g/mol. The molecule has 2 heterocycles. The van der Waals surface area contributed by atoms with Crippen molar-refractivity contribution in [2.24, 2.45) is 0 Å². The number of nitrogens with zero attached hydrogens (tertiary/aromatic N) is 1. The molecule has 0 saturated carbocycles. The van der Waals surface area contributed by atoms with Crippen molar-refractivity contribution in [2.45, 2.75) is 23.2 Å². The summed E-state index contributed by atoms with van der Waals surface area (Å²) in [5, 5.41) is 3.02. The lowest BCUT2D eigenvalue weighted by molar-refractivity contribution is -0.119. The van der Waals surface area contributed by atoms with E-state index in [1.807, 2.05) is 18.2 Å². The molecular formula is C14H17N3O2S3. The first-order chi connectivity index (χ1) is 10.6. The van der Waals surface area contributed by atoms with Gasteiger partial charge in [-0.15, -0.1) is 11.3 Å². The molecule has 0 bridgehead atoms. The van der Waals surface area contributed by atoms with E-state index in [2.05, 4.69) is 10.3 Å². The molecule has 8 heteroatoms. The normalized spacial score (nSPS) is 21.8. The Balaban J connectivity index is 1.52. The summed E-state index contributed by atoms with van der Waals surface area (Å²) < 4.78 is 13.2. The van der Waals surface area contributed by atoms with Crippen molar-refractivity contribution in [3.05, 3.63) is 18.2 Å². The maximum absolute atomic E-state index is 12.0. The fraction of sp³-hybridized carbons (Fsp3) is 0.429. The van der Waals surface area contributed by atoms with Crippen LogP contribution in [0.15, 0.2) is 22.5 Å². The van der Waals surface area contributed by atoms with E-state index in [4.69, 9.17) is 5.73 Å². The molecule has 0 atom stereocenters. The molecule has 1 saturated heterocycles. The van der Waals surface area contributed by atoms with Gasteiger partial charge < -0.3 is 11.1 Å². The lowest BCUT2D eigenvalue weighted by Gasteiger charge is -2.22. The highest BCUT2D eigenvalue weighted by Gasteiger charge is 2.19. The Labute approximate surface area is 139 Å². The molecule has 0 spiro atoms. The largest absolute Gasteiger partial charge is 0.399 e. The molecule has 1 aliphatic heterocycles. The minimum absolute atomic E-state index is 0.0152. The molecule has 1 fully saturated rings. The second-order valence-electron chi connectivity index (χ2n) is 5.19. The van der Waals surface area contributed by atoms with Crippen molar-refractivity contribution in [3.8, 4) is 0 Å². The predicted molar refractivity (Wildman–Crippen MR) is 93.8 cm³/mol. The van der Waals surface area contributed by atoms with Crippen LogP contribution in [0.2, 0.25) is 0 Å². The minimum atomic E-state index is -0.695. The van der Waals surface area contributed by atoms with Crippen LogP contribution in [0.3, 0.4) is 0 Å². The number of nitrogen functional groups attached to an aromatic ring is 1. The number of carbonyl (C=O) groups excluding carboxylic acids is 1. The Morgan fingerprint density at radius 1 is 1.45 bits per heavy atom. The summed E-state index contributed by atoms with van der Waals surface area (Å²) in [6, 6.07) is 5.80. The number of benzene rings is 1. The molecule has 1 aliphatic rings. The lowest BCUT2D eigenvalue weighted by atomic mass is 10.1. The summed E-state index contributed by atoms with van der Waals surface area (Å²) >= 11 is 3.00. The minimum Gasteiger partial charge on any atom is -0.399 e. The Morgan fingerprint density at radius 3 is 3.00 bits per heavy atom.